The quantitative estimate of drug-likeness (QED) is 0.746. The van der Waals surface area contributed by atoms with Gasteiger partial charge in [0.25, 0.3) is 0 Å². The molecule has 2 aromatic carbocycles. The highest BCUT2D eigenvalue weighted by molar-refractivity contribution is 6.35. The molecule has 5 nitrogen and oxygen atoms in total. The monoisotopic (exact) mass is 366 g/mol. The molecular formula is C17H16Cl2N2O3. The fourth-order valence-corrected chi connectivity index (χ4v) is 2.51. The minimum absolute atomic E-state index is 0.322. The first kappa shape index (κ1) is 18.1. The maximum Gasteiger partial charge on any atom is 0.233 e. The molecule has 0 saturated heterocycles. The molecule has 0 heterocycles. The number of carbonyl (C=O) groups excluding carboxylic acids is 2. The first-order valence-electron chi connectivity index (χ1n) is 7.25. The maximum atomic E-state index is 11.9. The van der Waals surface area contributed by atoms with Gasteiger partial charge in [-0.3, -0.25) is 9.59 Å². The van der Waals surface area contributed by atoms with Crippen LogP contribution in [0.4, 0.5) is 11.4 Å². The molecule has 7 heteroatoms. The van der Waals surface area contributed by atoms with Gasteiger partial charge in [-0.25, -0.2) is 0 Å². The summed E-state index contributed by atoms with van der Waals surface area (Å²) < 4.78 is 5.32. The Morgan fingerprint density at radius 2 is 1.46 bits per heavy atom. The number of ether oxygens (including phenoxy) is 1. The van der Waals surface area contributed by atoms with E-state index in [1.165, 1.54) is 0 Å². The number of anilines is 2. The van der Waals surface area contributed by atoms with E-state index in [2.05, 4.69) is 10.6 Å². The van der Waals surface area contributed by atoms with Gasteiger partial charge >= 0.3 is 0 Å². The van der Waals surface area contributed by atoms with Crippen LogP contribution < -0.4 is 15.4 Å². The molecule has 24 heavy (non-hydrogen) atoms. The first-order valence-corrected chi connectivity index (χ1v) is 8.00. The molecule has 0 spiro atoms. The molecular weight excluding hydrogens is 351 g/mol. The molecule has 0 fully saturated rings. The summed E-state index contributed by atoms with van der Waals surface area (Å²) in [6.07, 6.45) is -0.322. The summed E-state index contributed by atoms with van der Waals surface area (Å²) in [6, 6.07) is 11.6. The predicted octanol–water partition coefficient (Wildman–Crippen LogP) is 4.36. The molecule has 0 aromatic heterocycles. The van der Waals surface area contributed by atoms with Crippen LogP contribution >= 0.6 is 23.2 Å². The van der Waals surface area contributed by atoms with Gasteiger partial charge in [-0.1, -0.05) is 23.2 Å². The van der Waals surface area contributed by atoms with Crippen molar-refractivity contribution in [2.75, 3.05) is 17.2 Å². The van der Waals surface area contributed by atoms with Crippen molar-refractivity contribution in [1.29, 1.82) is 0 Å². The van der Waals surface area contributed by atoms with Gasteiger partial charge in [0, 0.05) is 21.4 Å². The highest BCUT2D eigenvalue weighted by Crippen LogP contribution is 2.22. The Balaban J connectivity index is 1.88. The van der Waals surface area contributed by atoms with Crippen molar-refractivity contribution in [1.82, 2.24) is 0 Å². The van der Waals surface area contributed by atoms with Crippen LogP contribution in [0, 0.1) is 0 Å². The molecule has 2 aromatic rings. The molecule has 126 valence electrons. The third kappa shape index (κ3) is 5.76. The molecule has 0 atom stereocenters. The van der Waals surface area contributed by atoms with E-state index >= 15 is 0 Å². The fourth-order valence-electron chi connectivity index (χ4n) is 1.98. The summed E-state index contributed by atoms with van der Waals surface area (Å²) in [5.74, 6) is -0.173. The minimum Gasteiger partial charge on any atom is -0.494 e. The average Bonchev–Trinajstić information content (AvgIpc) is 2.48. The SMILES string of the molecule is CCOc1ccc(NC(=O)CC(=O)Nc2cc(Cl)cc(Cl)c2)cc1. The third-order valence-corrected chi connectivity index (χ3v) is 3.35. The molecule has 0 unspecified atom stereocenters. The molecule has 0 bridgehead atoms. The third-order valence-electron chi connectivity index (χ3n) is 2.92. The van der Waals surface area contributed by atoms with E-state index in [1.807, 2.05) is 6.92 Å². The topological polar surface area (TPSA) is 67.4 Å². The summed E-state index contributed by atoms with van der Waals surface area (Å²) in [4.78, 5) is 23.8. The zero-order valence-corrected chi connectivity index (χ0v) is 14.4. The van der Waals surface area contributed by atoms with Crippen LogP contribution in [0.5, 0.6) is 5.75 Å². The second-order valence-corrected chi connectivity index (χ2v) is 5.76. The number of rotatable bonds is 6. The van der Waals surface area contributed by atoms with Crippen LogP contribution in [0.1, 0.15) is 13.3 Å². The van der Waals surface area contributed by atoms with Crippen molar-refractivity contribution < 1.29 is 14.3 Å². The minimum atomic E-state index is -0.461. The second kappa shape index (κ2) is 8.57. The summed E-state index contributed by atoms with van der Waals surface area (Å²) >= 11 is 11.7. The zero-order chi connectivity index (χ0) is 17.5. The van der Waals surface area contributed by atoms with E-state index < -0.39 is 11.8 Å². The zero-order valence-electron chi connectivity index (χ0n) is 12.9. The summed E-state index contributed by atoms with van der Waals surface area (Å²) in [7, 11) is 0. The number of halogens is 2. The number of amides is 2. The molecule has 0 aliphatic rings. The van der Waals surface area contributed by atoms with Gasteiger partial charge in [0.15, 0.2) is 0 Å². The lowest BCUT2D eigenvalue weighted by Gasteiger charge is -2.08. The van der Waals surface area contributed by atoms with E-state index in [9.17, 15) is 9.59 Å². The van der Waals surface area contributed by atoms with Crippen molar-refractivity contribution >= 4 is 46.4 Å². The van der Waals surface area contributed by atoms with Crippen LogP contribution in [0.15, 0.2) is 42.5 Å². The number of benzene rings is 2. The van der Waals surface area contributed by atoms with Crippen LogP contribution in [-0.4, -0.2) is 18.4 Å². The largest absolute Gasteiger partial charge is 0.494 e. The summed E-state index contributed by atoms with van der Waals surface area (Å²) in [6.45, 7) is 2.46. The maximum absolute atomic E-state index is 11.9. The Kier molecular flexibility index (Phi) is 6.46. The molecule has 2 rings (SSSR count). The van der Waals surface area contributed by atoms with Crippen LogP contribution in [0.25, 0.3) is 0 Å². The van der Waals surface area contributed by atoms with Crippen LogP contribution in [-0.2, 0) is 9.59 Å². The Morgan fingerprint density at radius 1 is 0.917 bits per heavy atom. The van der Waals surface area contributed by atoms with Crippen LogP contribution in [0.2, 0.25) is 10.0 Å². The second-order valence-electron chi connectivity index (χ2n) is 4.89. The molecule has 0 aliphatic carbocycles. The van der Waals surface area contributed by atoms with E-state index in [-0.39, 0.29) is 6.42 Å². The Hall–Kier alpha value is -2.24. The smallest absolute Gasteiger partial charge is 0.233 e. The normalized spacial score (nSPS) is 10.1. The van der Waals surface area contributed by atoms with Crippen molar-refractivity contribution in [3.05, 3.63) is 52.5 Å². The lowest BCUT2D eigenvalue weighted by molar-refractivity contribution is -0.123. The van der Waals surface area contributed by atoms with Gasteiger partial charge < -0.3 is 15.4 Å². The lowest BCUT2D eigenvalue weighted by Crippen LogP contribution is -2.21. The summed E-state index contributed by atoms with van der Waals surface area (Å²) in [5, 5.41) is 6.02. The highest BCUT2D eigenvalue weighted by Gasteiger charge is 2.11. The first-order chi connectivity index (χ1) is 11.5. The average molecular weight is 367 g/mol. The van der Waals surface area contributed by atoms with Crippen LogP contribution in [0.3, 0.4) is 0 Å². The molecule has 2 N–H and O–H groups in total. The van der Waals surface area contributed by atoms with E-state index in [0.29, 0.717) is 33.8 Å². The summed E-state index contributed by atoms with van der Waals surface area (Å²) in [5.41, 5.74) is 1.02. The Labute approximate surface area is 149 Å². The predicted molar refractivity (Wildman–Crippen MR) is 95.9 cm³/mol. The van der Waals surface area contributed by atoms with Crippen molar-refractivity contribution in [3.63, 3.8) is 0 Å². The van der Waals surface area contributed by atoms with Gasteiger partial charge in [0.05, 0.1) is 6.61 Å². The highest BCUT2D eigenvalue weighted by atomic mass is 35.5. The number of carbonyl (C=O) groups is 2. The van der Waals surface area contributed by atoms with Gasteiger partial charge in [0.1, 0.15) is 12.2 Å². The molecule has 0 radical (unpaired) electrons. The molecule has 0 saturated carbocycles. The van der Waals surface area contributed by atoms with E-state index in [4.69, 9.17) is 27.9 Å². The molecule has 2 amide bonds. The van der Waals surface area contributed by atoms with Gasteiger partial charge in [-0.05, 0) is 49.4 Å². The fraction of sp³-hybridized carbons (Fsp3) is 0.176. The number of hydrogen-bond acceptors (Lipinski definition) is 3. The van der Waals surface area contributed by atoms with E-state index in [1.54, 1.807) is 42.5 Å². The Bertz CT molecular complexity index is 713. The molecule has 0 aliphatic heterocycles. The van der Waals surface area contributed by atoms with E-state index in [0.717, 1.165) is 0 Å². The lowest BCUT2D eigenvalue weighted by atomic mass is 10.2. The number of nitrogens with one attached hydrogen (secondary N) is 2. The van der Waals surface area contributed by atoms with Gasteiger partial charge in [-0.15, -0.1) is 0 Å². The standard InChI is InChI=1S/C17H16Cl2N2O3/c1-2-24-15-5-3-13(4-6-15)20-16(22)10-17(23)21-14-8-11(18)7-12(19)9-14/h3-9H,2,10H2,1H3,(H,20,22)(H,21,23). The number of hydrogen-bond donors (Lipinski definition) is 2. The Morgan fingerprint density at radius 3 is 2.00 bits per heavy atom. The van der Waals surface area contributed by atoms with Gasteiger partial charge in [0.2, 0.25) is 11.8 Å². The van der Waals surface area contributed by atoms with Gasteiger partial charge in [-0.2, -0.15) is 0 Å². The van der Waals surface area contributed by atoms with Crippen molar-refractivity contribution in [3.8, 4) is 5.75 Å². The van der Waals surface area contributed by atoms with Crippen molar-refractivity contribution in [2.24, 2.45) is 0 Å². The van der Waals surface area contributed by atoms with Crippen molar-refractivity contribution in [2.45, 2.75) is 13.3 Å².